The van der Waals surface area contributed by atoms with E-state index in [-0.39, 0.29) is 11.9 Å². The molecule has 0 saturated heterocycles. The summed E-state index contributed by atoms with van der Waals surface area (Å²) in [7, 11) is 0. The van der Waals surface area contributed by atoms with Gasteiger partial charge in [-0.1, -0.05) is 30.3 Å². The molecule has 25 heavy (non-hydrogen) atoms. The molecule has 1 aromatic carbocycles. The van der Waals surface area contributed by atoms with Gasteiger partial charge in [0.05, 0.1) is 5.56 Å². The Morgan fingerprint density at radius 2 is 2.04 bits per heavy atom. The number of benzene rings is 1. The molecule has 0 saturated carbocycles. The molecule has 1 amide bonds. The van der Waals surface area contributed by atoms with Gasteiger partial charge in [0.2, 0.25) is 5.91 Å². The van der Waals surface area contributed by atoms with Gasteiger partial charge >= 0.3 is 0 Å². The van der Waals surface area contributed by atoms with E-state index in [2.05, 4.69) is 35.8 Å². The van der Waals surface area contributed by atoms with Gasteiger partial charge in [-0.05, 0) is 43.7 Å². The van der Waals surface area contributed by atoms with Crippen molar-refractivity contribution < 1.29 is 4.79 Å². The summed E-state index contributed by atoms with van der Waals surface area (Å²) in [6.45, 7) is 2.70. The van der Waals surface area contributed by atoms with Gasteiger partial charge in [0, 0.05) is 23.9 Å². The van der Waals surface area contributed by atoms with E-state index < -0.39 is 0 Å². The average Bonchev–Trinajstić information content (AvgIpc) is 2.99. The van der Waals surface area contributed by atoms with Gasteiger partial charge in [-0.25, -0.2) is 0 Å². The number of thiophene rings is 1. The van der Waals surface area contributed by atoms with Crippen LogP contribution in [0.5, 0.6) is 0 Å². The fraction of sp³-hybridized carbons (Fsp3) is 0.400. The van der Waals surface area contributed by atoms with Gasteiger partial charge < -0.3 is 10.6 Å². The predicted octanol–water partition coefficient (Wildman–Crippen LogP) is 4.18. The normalized spacial score (nSPS) is 14.4. The van der Waals surface area contributed by atoms with Gasteiger partial charge in [0.25, 0.3) is 0 Å². The van der Waals surface area contributed by atoms with Gasteiger partial charge in [0.1, 0.15) is 11.1 Å². The predicted molar refractivity (Wildman–Crippen MR) is 102 cm³/mol. The van der Waals surface area contributed by atoms with E-state index in [1.807, 2.05) is 18.2 Å². The molecular weight excluding hydrogens is 330 g/mol. The number of amides is 1. The highest BCUT2D eigenvalue weighted by Crippen LogP contribution is 2.37. The van der Waals surface area contributed by atoms with Crippen LogP contribution < -0.4 is 10.6 Å². The SMILES string of the molecule is C[C@@H](NCCC(=O)Nc1sc2c(c1C#N)CCCC2)c1ccccc1. The van der Waals surface area contributed by atoms with Crippen molar-refractivity contribution in [1.82, 2.24) is 5.32 Å². The summed E-state index contributed by atoms with van der Waals surface area (Å²) in [4.78, 5) is 13.5. The molecule has 1 aliphatic rings. The first kappa shape index (κ1) is 17.7. The quantitative estimate of drug-likeness (QED) is 0.819. The minimum absolute atomic E-state index is 0.0390. The van der Waals surface area contributed by atoms with E-state index in [0.717, 1.165) is 29.8 Å². The van der Waals surface area contributed by atoms with Crippen LogP contribution in [0.15, 0.2) is 30.3 Å². The minimum Gasteiger partial charge on any atom is -0.317 e. The maximum absolute atomic E-state index is 12.3. The Morgan fingerprint density at radius 3 is 2.80 bits per heavy atom. The molecule has 0 aliphatic heterocycles. The van der Waals surface area contributed by atoms with Crippen molar-refractivity contribution in [1.29, 1.82) is 5.26 Å². The van der Waals surface area contributed by atoms with Crippen molar-refractivity contribution >= 4 is 22.2 Å². The number of carbonyl (C=O) groups is 1. The van der Waals surface area contributed by atoms with E-state index in [0.29, 0.717) is 18.5 Å². The second kappa shape index (κ2) is 8.28. The number of anilines is 1. The Kier molecular flexibility index (Phi) is 5.85. The van der Waals surface area contributed by atoms with Crippen LogP contribution >= 0.6 is 11.3 Å². The maximum Gasteiger partial charge on any atom is 0.226 e. The smallest absolute Gasteiger partial charge is 0.226 e. The summed E-state index contributed by atoms with van der Waals surface area (Å²) < 4.78 is 0. The molecular formula is C20H23N3OS. The summed E-state index contributed by atoms with van der Waals surface area (Å²) in [5.74, 6) is -0.0390. The largest absolute Gasteiger partial charge is 0.317 e. The Labute approximate surface area is 152 Å². The van der Waals surface area contributed by atoms with Crippen molar-refractivity contribution in [2.45, 2.75) is 45.1 Å². The van der Waals surface area contributed by atoms with E-state index in [9.17, 15) is 10.1 Å². The first-order valence-electron chi connectivity index (χ1n) is 8.82. The second-order valence-corrected chi connectivity index (χ2v) is 7.52. The summed E-state index contributed by atoms with van der Waals surface area (Å²) >= 11 is 1.58. The number of nitriles is 1. The minimum atomic E-state index is -0.0390. The van der Waals surface area contributed by atoms with Gasteiger partial charge in [-0.15, -0.1) is 11.3 Å². The van der Waals surface area contributed by atoms with Gasteiger partial charge in [0.15, 0.2) is 0 Å². The van der Waals surface area contributed by atoms with Crippen molar-refractivity contribution in [3.63, 3.8) is 0 Å². The van der Waals surface area contributed by atoms with Crippen LogP contribution in [0.2, 0.25) is 0 Å². The van der Waals surface area contributed by atoms with Crippen LogP contribution in [0, 0.1) is 11.3 Å². The van der Waals surface area contributed by atoms with Crippen LogP contribution in [0.1, 0.15) is 53.8 Å². The Bertz CT molecular complexity index is 776. The third kappa shape index (κ3) is 4.28. The molecule has 2 N–H and O–H groups in total. The number of carbonyl (C=O) groups excluding carboxylic acids is 1. The van der Waals surface area contributed by atoms with E-state index in [1.165, 1.54) is 16.9 Å². The maximum atomic E-state index is 12.3. The third-order valence-corrected chi connectivity index (χ3v) is 5.85. The van der Waals surface area contributed by atoms with Crippen molar-refractivity contribution in [2.75, 3.05) is 11.9 Å². The molecule has 1 atom stereocenters. The van der Waals surface area contributed by atoms with Gasteiger partial charge in [-0.2, -0.15) is 5.26 Å². The molecule has 1 heterocycles. The van der Waals surface area contributed by atoms with Crippen LogP contribution in [0.25, 0.3) is 0 Å². The zero-order chi connectivity index (χ0) is 17.6. The molecule has 3 rings (SSSR count). The number of aryl methyl sites for hydroxylation is 1. The highest BCUT2D eigenvalue weighted by molar-refractivity contribution is 7.16. The lowest BCUT2D eigenvalue weighted by Gasteiger charge is -2.13. The number of hydrogen-bond donors (Lipinski definition) is 2. The Morgan fingerprint density at radius 1 is 1.28 bits per heavy atom. The van der Waals surface area contributed by atoms with Crippen LogP contribution in [-0.2, 0) is 17.6 Å². The molecule has 0 spiro atoms. The van der Waals surface area contributed by atoms with Crippen molar-refractivity contribution in [3.8, 4) is 6.07 Å². The van der Waals surface area contributed by atoms with E-state index >= 15 is 0 Å². The topological polar surface area (TPSA) is 64.9 Å². The number of rotatable bonds is 6. The van der Waals surface area contributed by atoms with E-state index in [4.69, 9.17) is 0 Å². The van der Waals surface area contributed by atoms with Crippen LogP contribution in [0.4, 0.5) is 5.00 Å². The number of hydrogen-bond acceptors (Lipinski definition) is 4. The monoisotopic (exact) mass is 353 g/mol. The van der Waals surface area contributed by atoms with Crippen LogP contribution in [-0.4, -0.2) is 12.5 Å². The summed E-state index contributed by atoms with van der Waals surface area (Å²) in [5, 5.41) is 16.5. The first-order chi connectivity index (χ1) is 12.2. The lowest BCUT2D eigenvalue weighted by Crippen LogP contribution is -2.24. The molecule has 1 aromatic heterocycles. The summed E-state index contributed by atoms with van der Waals surface area (Å²) in [6, 6.07) is 12.7. The fourth-order valence-corrected chi connectivity index (χ4v) is 4.48. The molecule has 0 unspecified atom stereocenters. The molecule has 5 heteroatoms. The molecule has 1 aliphatic carbocycles. The Balaban J connectivity index is 1.53. The van der Waals surface area contributed by atoms with Crippen LogP contribution in [0.3, 0.4) is 0 Å². The molecule has 0 bridgehead atoms. The second-order valence-electron chi connectivity index (χ2n) is 6.41. The molecule has 0 radical (unpaired) electrons. The number of fused-ring (bicyclic) bond motifs is 1. The highest BCUT2D eigenvalue weighted by Gasteiger charge is 2.21. The first-order valence-corrected chi connectivity index (χ1v) is 9.63. The molecule has 130 valence electrons. The van der Waals surface area contributed by atoms with Crippen molar-refractivity contribution in [3.05, 3.63) is 51.9 Å². The third-order valence-electron chi connectivity index (χ3n) is 4.64. The number of nitrogens with zero attached hydrogens (tertiary/aromatic N) is 1. The Hall–Kier alpha value is -2.16. The number of nitrogens with one attached hydrogen (secondary N) is 2. The average molecular weight is 353 g/mol. The lowest BCUT2D eigenvalue weighted by atomic mass is 9.96. The standard InChI is InChI=1S/C20H23N3OS/c1-14(15-7-3-2-4-8-15)22-12-11-19(24)23-20-17(13-21)16-9-5-6-10-18(16)25-20/h2-4,7-8,14,22H,5-6,9-12H2,1H3,(H,23,24)/t14-/m1/s1. The van der Waals surface area contributed by atoms with Gasteiger partial charge in [-0.3, -0.25) is 4.79 Å². The van der Waals surface area contributed by atoms with E-state index in [1.54, 1.807) is 11.3 Å². The summed E-state index contributed by atoms with van der Waals surface area (Å²) in [6.07, 6.45) is 4.69. The zero-order valence-electron chi connectivity index (χ0n) is 14.5. The zero-order valence-corrected chi connectivity index (χ0v) is 15.3. The lowest BCUT2D eigenvalue weighted by molar-refractivity contribution is -0.116. The molecule has 0 fully saturated rings. The summed E-state index contributed by atoms with van der Waals surface area (Å²) in [5.41, 5.74) is 3.05. The fourth-order valence-electron chi connectivity index (χ4n) is 3.22. The molecule has 4 nitrogen and oxygen atoms in total. The molecule has 2 aromatic rings. The highest BCUT2D eigenvalue weighted by atomic mass is 32.1. The van der Waals surface area contributed by atoms with Crippen molar-refractivity contribution in [2.24, 2.45) is 0 Å².